The molecule has 104 valence electrons. The maximum atomic E-state index is 12.8. The molecule has 1 fully saturated rings. The van der Waals surface area contributed by atoms with Crippen molar-refractivity contribution in [3.63, 3.8) is 0 Å². The largest absolute Gasteiger partial charge is 0.416 e. The van der Waals surface area contributed by atoms with Gasteiger partial charge >= 0.3 is 6.18 Å². The third-order valence-corrected chi connectivity index (χ3v) is 3.18. The summed E-state index contributed by atoms with van der Waals surface area (Å²) in [6.07, 6.45) is -4.84. The summed E-state index contributed by atoms with van der Waals surface area (Å²) in [7, 11) is 0. The van der Waals surface area contributed by atoms with Crippen LogP contribution in [0, 0.1) is 0 Å². The van der Waals surface area contributed by atoms with Crippen LogP contribution in [0.4, 0.5) is 13.2 Å². The first-order chi connectivity index (χ1) is 8.88. The van der Waals surface area contributed by atoms with Crippen molar-refractivity contribution in [3.8, 4) is 0 Å². The van der Waals surface area contributed by atoms with E-state index in [1.165, 1.54) is 23.1 Å². The van der Waals surface area contributed by atoms with E-state index < -0.39 is 17.8 Å². The lowest BCUT2D eigenvalue weighted by Gasteiger charge is -2.17. The van der Waals surface area contributed by atoms with Crippen molar-refractivity contribution < 1.29 is 23.1 Å². The molecule has 1 aromatic rings. The maximum Gasteiger partial charge on any atom is 0.416 e. The number of aliphatic hydroxyl groups is 1. The number of hydrogen-bond donors (Lipinski definition) is 1. The molecule has 2 rings (SSSR count). The summed E-state index contributed by atoms with van der Waals surface area (Å²) < 4.78 is 38.3. The summed E-state index contributed by atoms with van der Waals surface area (Å²) in [5, 5.41) is 9.32. The van der Waals surface area contributed by atoms with Crippen LogP contribution in [-0.4, -0.2) is 35.1 Å². The van der Waals surface area contributed by atoms with Gasteiger partial charge < -0.3 is 10.0 Å². The number of hydrogen-bond acceptors (Lipinski definition) is 2. The number of carbonyl (C=O) groups excluding carboxylic acids is 1. The highest BCUT2D eigenvalue weighted by atomic mass is 19.4. The van der Waals surface area contributed by atoms with Gasteiger partial charge in [0.05, 0.1) is 18.1 Å². The number of halogens is 3. The second-order valence-electron chi connectivity index (χ2n) is 4.61. The minimum absolute atomic E-state index is 0.0265. The zero-order valence-corrected chi connectivity index (χ0v) is 10.2. The number of β-amino-alcohol motifs (C(OH)–C–C–N with tert-alkyl or cyclic N) is 1. The number of likely N-dealkylation sites (tertiary alicyclic amines) is 1. The van der Waals surface area contributed by atoms with Crippen molar-refractivity contribution in [3.05, 3.63) is 35.4 Å². The van der Waals surface area contributed by atoms with Crippen LogP contribution in [0.25, 0.3) is 0 Å². The van der Waals surface area contributed by atoms with Crippen molar-refractivity contribution in [1.82, 2.24) is 4.90 Å². The number of rotatable bonds is 2. The predicted molar refractivity (Wildman–Crippen MR) is 62.4 cm³/mol. The van der Waals surface area contributed by atoms with Gasteiger partial charge in [0.1, 0.15) is 0 Å². The summed E-state index contributed by atoms with van der Waals surface area (Å²) >= 11 is 0. The summed E-state index contributed by atoms with van der Waals surface area (Å²) in [6, 6.07) is 5.07. The number of benzene rings is 1. The monoisotopic (exact) mass is 273 g/mol. The van der Waals surface area contributed by atoms with Crippen LogP contribution in [0.5, 0.6) is 0 Å². The lowest BCUT2D eigenvalue weighted by atomic mass is 10.0. The quantitative estimate of drug-likeness (QED) is 0.893. The van der Waals surface area contributed by atoms with Crippen LogP contribution in [0.15, 0.2) is 24.3 Å². The molecule has 1 N–H and O–H groups in total. The Kier molecular flexibility index (Phi) is 3.80. The normalized spacial score (nSPS) is 19.8. The summed E-state index contributed by atoms with van der Waals surface area (Å²) in [6.45, 7) is 0.598. The molecule has 1 aliphatic heterocycles. The molecular weight excluding hydrogens is 259 g/mol. The molecule has 1 heterocycles. The van der Waals surface area contributed by atoms with Crippen LogP contribution >= 0.6 is 0 Å². The molecule has 1 aromatic carbocycles. The van der Waals surface area contributed by atoms with E-state index in [-0.39, 0.29) is 24.4 Å². The summed E-state index contributed by atoms with van der Waals surface area (Å²) in [5.74, 6) is -0.381. The highest BCUT2D eigenvalue weighted by Crippen LogP contribution is 2.32. The van der Waals surface area contributed by atoms with Crippen molar-refractivity contribution in [1.29, 1.82) is 0 Å². The van der Waals surface area contributed by atoms with Crippen LogP contribution in [-0.2, 0) is 17.4 Å². The molecule has 3 nitrogen and oxygen atoms in total. The highest BCUT2D eigenvalue weighted by molar-refractivity contribution is 5.79. The number of nitrogens with zero attached hydrogens (tertiary/aromatic N) is 1. The highest BCUT2D eigenvalue weighted by Gasteiger charge is 2.34. The van der Waals surface area contributed by atoms with E-state index in [1.54, 1.807) is 0 Å². The van der Waals surface area contributed by atoms with E-state index in [4.69, 9.17) is 0 Å². The van der Waals surface area contributed by atoms with Gasteiger partial charge in [-0.3, -0.25) is 4.79 Å². The average Bonchev–Trinajstić information content (AvgIpc) is 2.75. The zero-order chi connectivity index (χ0) is 14.0. The molecule has 1 amide bonds. The Balaban J connectivity index is 2.13. The molecule has 0 radical (unpaired) electrons. The minimum Gasteiger partial charge on any atom is -0.391 e. The maximum absolute atomic E-state index is 12.8. The number of carbonyl (C=O) groups is 1. The lowest BCUT2D eigenvalue weighted by molar-refractivity contribution is -0.138. The third-order valence-electron chi connectivity index (χ3n) is 3.18. The molecule has 19 heavy (non-hydrogen) atoms. The Bertz CT molecular complexity index is 473. The van der Waals surface area contributed by atoms with Crippen LogP contribution in [0.1, 0.15) is 17.5 Å². The van der Waals surface area contributed by atoms with E-state index in [0.29, 0.717) is 13.0 Å². The Morgan fingerprint density at radius 1 is 1.37 bits per heavy atom. The van der Waals surface area contributed by atoms with Crippen molar-refractivity contribution in [2.75, 3.05) is 13.1 Å². The molecule has 1 aliphatic rings. The van der Waals surface area contributed by atoms with Crippen molar-refractivity contribution in [2.45, 2.75) is 25.1 Å². The van der Waals surface area contributed by atoms with Gasteiger partial charge in [0, 0.05) is 13.1 Å². The number of amides is 1. The fourth-order valence-corrected chi connectivity index (χ4v) is 2.19. The molecular formula is C13H14F3NO2. The molecule has 1 atom stereocenters. The van der Waals surface area contributed by atoms with Gasteiger partial charge in [0.15, 0.2) is 0 Å². The van der Waals surface area contributed by atoms with Gasteiger partial charge in [-0.25, -0.2) is 0 Å². The van der Waals surface area contributed by atoms with Crippen molar-refractivity contribution >= 4 is 5.91 Å². The van der Waals surface area contributed by atoms with E-state index in [2.05, 4.69) is 0 Å². The van der Waals surface area contributed by atoms with E-state index in [0.717, 1.165) is 6.07 Å². The summed E-state index contributed by atoms with van der Waals surface area (Å²) in [5.41, 5.74) is -0.801. The first-order valence-corrected chi connectivity index (χ1v) is 5.99. The first kappa shape index (κ1) is 13.9. The predicted octanol–water partition coefficient (Wildman–Crippen LogP) is 1.84. The van der Waals surface area contributed by atoms with Crippen LogP contribution in [0.3, 0.4) is 0 Å². The fraction of sp³-hybridized carbons (Fsp3) is 0.462. The third kappa shape index (κ3) is 3.26. The second-order valence-corrected chi connectivity index (χ2v) is 4.61. The number of alkyl halides is 3. The Morgan fingerprint density at radius 3 is 2.63 bits per heavy atom. The van der Waals surface area contributed by atoms with Crippen LogP contribution in [0.2, 0.25) is 0 Å². The molecule has 6 heteroatoms. The Labute approximate surface area is 108 Å². The van der Waals surface area contributed by atoms with Gasteiger partial charge in [-0.15, -0.1) is 0 Å². The second kappa shape index (κ2) is 5.21. The fourth-order valence-electron chi connectivity index (χ4n) is 2.19. The van der Waals surface area contributed by atoms with Gasteiger partial charge in [0.2, 0.25) is 5.91 Å². The molecule has 0 spiro atoms. The van der Waals surface area contributed by atoms with Gasteiger partial charge in [-0.2, -0.15) is 13.2 Å². The molecule has 0 aromatic heterocycles. The Hall–Kier alpha value is -1.56. The summed E-state index contributed by atoms with van der Waals surface area (Å²) in [4.78, 5) is 13.3. The van der Waals surface area contributed by atoms with Gasteiger partial charge in [0.25, 0.3) is 0 Å². The smallest absolute Gasteiger partial charge is 0.391 e. The minimum atomic E-state index is -4.46. The standard InChI is InChI=1S/C13H14F3NO2/c14-13(15,16)11-4-2-1-3-9(11)7-12(19)17-6-5-10(18)8-17/h1-4,10,18H,5-8H2/t10-/m0/s1. The van der Waals surface area contributed by atoms with E-state index in [9.17, 15) is 23.1 Å². The topological polar surface area (TPSA) is 40.5 Å². The number of aliphatic hydroxyl groups excluding tert-OH is 1. The molecule has 0 aliphatic carbocycles. The SMILES string of the molecule is O=C(Cc1ccccc1C(F)(F)F)N1CC[C@H](O)C1. The molecule has 0 unspecified atom stereocenters. The van der Waals surface area contributed by atoms with Gasteiger partial charge in [-0.05, 0) is 18.1 Å². The van der Waals surface area contributed by atoms with E-state index >= 15 is 0 Å². The van der Waals surface area contributed by atoms with E-state index in [1.807, 2.05) is 0 Å². The zero-order valence-electron chi connectivity index (χ0n) is 10.2. The lowest BCUT2D eigenvalue weighted by Crippen LogP contribution is -2.31. The Morgan fingerprint density at radius 2 is 2.05 bits per heavy atom. The molecule has 1 saturated heterocycles. The average molecular weight is 273 g/mol. The first-order valence-electron chi connectivity index (χ1n) is 5.99. The van der Waals surface area contributed by atoms with Crippen molar-refractivity contribution in [2.24, 2.45) is 0 Å². The van der Waals surface area contributed by atoms with Crippen LogP contribution < -0.4 is 0 Å². The molecule has 0 saturated carbocycles. The van der Waals surface area contributed by atoms with Gasteiger partial charge in [-0.1, -0.05) is 18.2 Å². The molecule has 0 bridgehead atoms.